The molecule has 0 aromatic carbocycles. The fourth-order valence-electron chi connectivity index (χ4n) is 3.07. The summed E-state index contributed by atoms with van der Waals surface area (Å²) in [5, 5.41) is 12.5. The zero-order valence-corrected chi connectivity index (χ0v) is 15.6. The number of aryl methyl sites for hydroxylation is 1. The molecule has 1 atom stereocenters. The third-order valence-electron chi connectivity index (χ3n) is 4.65. The van der Waals surface area contributed by atoms with Crippen molar-refractivity contribution in [1.82, 2.24) is 25.5 Å². The van der Waals surface area contributed by atoms with Crippen molar-refractivity contribution in [1.29, 1.82) is 0 Å². The number of alkyl halides is 3. The van der Waals surface area contributed by atoms with Crippen LogP contribution >= 0.6 is 0 Å². The molecule has 0 radical (unpaired) electrons. The highest BCUT2D eigenvalue weighted by Crippen LogP contribution is 2.34. The number of carbonyl (C=O) groups is 1. The molecule has 1 amide bonds. The maximum atomic E-state index is 13.1. The van der Waals surface area contributed by atoms with Gasteiger partial charge < -0.3 is 15.5 Å². The Morgan fingerprint density at radius 1 is 1.29 bits per heavy atom. The van der Waals surface area contributed by atoms with Gasteiger partial charge in [0, 0.05) is 37.4 Å². The zero-order chi connectivity index (χ0) is 20.5. The second-order valence-corrected chi connectivity index (χ2v) is 6.53. The summed E-state index contributed by atoms with van der Waals surface area (Å²) in [4.78, 5) is 22.4. The third kappa shape index (κ3) is 3.97. The molecule has 2 aromatic heterocycles. The summed E-state index contributed by atoms with van der Waals surface area (Å²) >= 11 is 0. The summed E-state index contributed by atoms with van der Waals surface area (Å²) in [6, 6.07) is 0.631. The van der Waals surface area contributed by atoms with E-state index in [9.17, 15) is 18.0 Å². The van der Waals surface area contributed by atoms with Crippen molar-refractivity contribution in [3.05, 3.63) is 34.9 Å². The summed E-state index contributed by atoms with van der Waals surface area (Å²) in [6.07, 6.45) is -2.91. The number of carbonyl (C=O) groups excluding carboxylic acids is 1. The number of hydrogen-bond donors (Lipinski definition) is 2. The van der Waals surface area contributed by atoms with Crippen LogP contribution in [0.15, 0.2) is 12.3 Å². The normalized spacial score (nSPS) is 16.9. The lowest BCUT2D eigenvalue weighted by atomic mass is 10.2. The smallest absolute Gasteiger partial charge is 0.363 e. The van der Waals surface area contributed by atoms with Crippen LogP contribution in [-0.4, -0.2) is 52.3 Å². The molecule has 28 heavy (non-hydrogen) atoms. The number of rotatable bonds is 4. The number of aromatic nitrogens is 4. The number of nitrogens with zero attached hydrogens (tertiary/aromatic N) is 5. The van der Waals surface area contributed by atoms with E-state index >= 15 is 0 Å². The van der Waals surface area contributed by atoms with Gasteiger partial charge in [-0.2, -0.15) is 18.3 Å². The molecule has 150 valence electrons. The second-order valence-electron chi connectivity index (χ2n) is 6.53. The first-order chi connectivity index (χ1) is 13.2. The molecule has 3 rings (SSSR count). The minimum atomic E-state index is -4.51. The lowest BCUT2D eigenvalue weighted by Crippen LogP contribution is -2.30. The first-order valence-corrected chi connectivity index (χ1v) is 8.68. The summed E-state index contributed by atoms with van der Waals surface area (Å²) in [5.74, 6) is -0.0213. The Bertz CT molecular complexity index is 888. The van der Waals surface area contributed by atoms with E-state index in [0.717, 1.165) is 17.8 Å². The molecule has 2 aromatic rings. The van der Waals surface area contributed by atoms with Gasteiger partial charge in [0.15, 0.2) is 5.82 Å². The first kappa shape index (κ1) is 19.8. The molecule has 1 saturated heterocycles. The number of hydrogen-bond acceptors (Lipinski definition) is 7. The number of halogens is 3. The Balaban J connectivity index is 1.80. The number of amides is 1. The van der Waals surface area contributed by atoms with Crippen LogP contribution in [-0.2, 0) is 6.18 Å². The topological polar surface area (TPSA) is 95.9 Å². The highest BCUT2D eigenvalue weighted by Gasteiger charge is 2.36. The van der Waals surface area contributed by atoms with Crippen molar-refractivity contribution in [2.45, 2.75) is 32.5 Å². The van der Waals surface area contributed by atoms with Gasteiger partial charge in [-0.05, 0) is 26.3 Å². The maximum absolute atomic E-state index is 13.1. The Morgan fingerprint density at radius 3 is 2.71 bits per heavy atom. The quantitative estimate of drug-likeness (QED) is 0.817. The molecule has 0 aliphatic carbocycles. The van der Waals surface area contributed by atoms with Crippen molar-refractivity contribution in [2.75, 3.05) is 30.4 Å². The van der Waals surface area contributed by atoms with E-state index in [1.54, 1.807) is 6.92 Å². The van der Waals surface area contributed by atoms with Gasteiger partial charge in [0.1, 0.15) is 11.4 Å². The molecule has 0 unspecified atom stereocenters. The van der Waals surface area contributed by atoms with Crippen LogP contribution in [0.1, 0.15) is 33.9 Å². The predicted octanol–water partition coefficient (Wildman–Crippen LogP) is 1.95. The average Bonchev–Trinajstić information content (AvgIpc) is 3.11. The van der Waals surface area contributed by atoms with Gasteiger partial charge in [-0.3, -0.25) is 4.79 Å². The van der Waals surface area contributed by atoms with Crippen molar-refractivity contribution in [2.24, 2.45) is 0 Å². The lowest BCUT2D eigenvalue weighted by molar-refractivity contribution is -0.137. The van der Waals surface area contributed by atoms with E-state index in [4.69, 9.17) is 0 Å². The third-order valence-corrected chi connectivity index (χ3v) is 4.65. The molecular weight excluding hydrogens is 375 g/mol. The highest BCUT2D eigenvalue weighted by atomic mass is 19.4. The van der Waals surface area contributed by atoms with Crippen LogP contribution in [0.25, 0.3) is 0 Å². The monoisotopic (exact) mass is 395 g/mol. The number of nitrogens with one attached hydrogen (secondary N) is 2. The lowest BCUT2D eigenvalue weighted by Gasteiger charge is -2.22. The standard InChI is InChI=1S/C17H20F3N7O/c1-9-10(2)23-14(16(28)21-3)25-15(9)27-7-5-11(8-27)24-13-12(17(18,19)20)4-6-22-26-13/h4,6,11H,5,7-8H2,1-3H3,(H,21,28)(H,24,26)/t11-/m1/s1. The molecule has 8 nitrogen and oxygen atoms in total. The van der Waals surface area contributed by atoms with Crippen molar-refractivity contribution < 1.29 is 18.0 Å². The van der Waals surface area contributed by atoms with Crippen LogP contribution in [0.2, 0.25) is 0 Å². The van der Waals surface area contributed by atoms with Crippen molar-refractivity contribution >= 4 is 17.5 Å². The van der Waals surface area contributed by atoms with Crippen LogP contribution in [0.5, 0.6) is 0 Å². The van der Waals surface area contributed by atoms with E-state index < -0.39 is 17.6 Å². The van der Waals surface area contributed by atoms with Crippen LogP contribution in [0.4, 0.5) is 24.8 Å². The molecule has 11 heteroatoms. The summed E-state index contributed by atoms with van der Waals surface area (Å²) < 4.78 is 39.4. The largest absolute Gasteiger partial charge is 0.420 e. The fourth-order valence-corrected chi connectivity index (χ4v) is 3.07. The molecular formula is C17H20F3N7O. The minimum Gasteiger partial charge on any atom is -0.363 e. The summed E-state index contributed by atoms with van der Waals surface area (Å²) in [6.45, 7) is 4.62. The molecule has 1 fully saturated rings. The van der Waals surface area contributed by atoms with Gasteiger partial charge in [0.05, 0.1) is 6.20 Å². The molecule has 0 bridgehead atoms. The van der Waals surface area contributed by atoms with Crippen LogP contribution in [0, 0.1) is 13.8 Å². The Morgan fingerprint density at radius 2 is 2.04 bits per heavy atom. The maximum Gasteiger partial charge on any atom is 0.420 e. The van der Waals surface area contributed by atoms with E-state index in [1.807, 2.05) is 11.8 Å². The van der Waals surface area contributed by atoms with E-state index in [0.29, 0.717) is 31.0 Å². The Kier molecular flexibility index (Phi) is 5.34. The van der Waals surface area contributed by atoms with Crippen molar-refractivity contribution in [3.63, 3.8) is 0 Å². The second kappa shape index (κ2) is 7.56. The Labute approximate surface area is 159 Å². The Hall–Kier alpha value is -2.98. The van der Waals surface area contributed by atoms with Gasteiger partial charge in [0.25, 0.3) is 5.91 Å². The van der Waals surface area contributed by atoms with E-state index in [-0.39, 0.29) is 17.7 Å². The van der Waals surface area contributed by atoms with E-state index in [2.05, 4.69) is 30.8 Å². The van der Waals surface area contributed by atoms with Crippen LogP contribution in [0.3, 0.4) is 0 Å². The van der Waals surface area contributed by atoms with Gasteiger partial charge in [0.2, 0.25) is 5.82 Å². The van der Waals surface area contributed by atoms with Gasteiger partial charge in [-0.1, -0.05) is 0 Å². The zero-order valence-electron chi connectivity index (χ0n) is 15.6. The molecule has 1 aliphatic heterocycles. The summed E-state index contributed by atoms with van der Waals surface area (Å²) in [5.41, 5.74) is 0.647. The molecule has 2 N–H and O–H groups in total. The molecule has 0 saturated carbocycles. The fraction of sp³-hybridized carbons (Fsp3) is 0.471. The molecule has 0 spiro atoms. The first-order valence-electron chi connectivity index (χ1n) is 8.68. The molecule has 1 aliphatic rings. The predicted molar refractivity (Wildman–Crippen MR) is 96.2 cm³/mol. The minimum absolute atomic E-state index is 0.0605. The average molecular weight is 395 g/mol. The highest BCUT2D eigenvalue weighted by molar-refractivity contribution is 5.90. The SMILES string of the molecule is CNC(=O)c1nc(C)c(C)c(N2CC[C@@H](Nc3nnccc3C(F)(F)F)C2)n1. The van der Waals surface area contributed by atoms with Crippen molar-refractivity contribution in [3.8, 4) is 0 Å². The van der Waals surface area contributed by atoms with Gasteiger partial charge in [-0.25, -0.2) is 9.97 Å². The summed E-state index contributed by atoms with van der Waals surface area (Å²) in [7, 11) is 1.50. The van der Waals surface area contributed by atoms with Gasteiger partial charge >= 0.3 is 6.18 Å². The van der Waals surface area contributed by atoms with E-state index in [1.165, 1.54) is 7.05 Å². The number of anilines is 2. The molecule has 3 heterocycles. The van der Waals surface area contributed by atoms with Gasteiger partial charge in [-0.15, -0.1) is 5.10 Å². The van der Waals surface area contributed by atoms with Crippen LogP contribution < -0.4 is 15.5 Å².